The van der Waals surface area contributed by atoms with Gasteiger partial charge in [-0.2, -0.15) is 0 Å². The van der Waals surface area contributed by atoms with Gasteiger partial charge in [0, 0.05) is 28.7 Å². The predicted molar refractivity (Wildman–Crippen MR) is 113 cm³/mol. The maximum absolute atomic E-state index is 5.99. The van der Waals surface area contributed by atoms with Crippen LogP contribution < -0.4 is 0 Å². The summed E-state index contributed by atoms with van der Waals surface area (Å²) in [5, 5.41) is 0.721. The minimum Gasteiger partial charge on any atom is -0.338 e. The molecule has 0 aliphatic rings. The number of fused-ring (bicyclic) bond motifs is 1. The second-order valence-electron chi connectivity index (χ2n) is 6.72. The molecule has 5 heteroatoms. The Hall–Kier alpha value is -3.37. The van der Waals surface area contributed by atoms with Crippen LogP contribution >= 0.6 is 11.6 Å². The van der Waals surface area contributed by atoms with Crippen molar-refractivity contribution in [3.63, 3.8) is 0 Å². The first kappa shape index (κ1) is 16.8. The summed E-state index contributed by atoms with van der Waals surface area (Å²) in [5.41, 5.74) is 6.63. The minimum absolute atomic E-state index is 0.721. The van der Waals surface area contributed by atoms with E-state index in [-0.39, 0.29) is 0 Å². The van der Waals surface area contributed by atoms with Gasteiger partial charge in [-0.25, -0.2) is 9.97 Å². The number of H-pyrrole nitrogens is 1. The number of benzene rings is 3. The van der Waals surface area contributed by atoms with Gasteiger partial charge < -0.3 is 9.55 Å². The Morgan fingerprint density at radius 3 is 2.64 bits per heavy atom. The van der Waals surface area contributed by atoms with Crippen LogP contribution in [0.3, 0.4) is 0 Å². The molecule has 5 rings (SSSR count). The topological polar surface area (TPSA) is 46.5 Å². The maximum Gasteiger partial charge on any atom is 0.138 e. The largest absolute Gasteiger partial charge is 0.338 e. The summed E-state index contributed by atoms with van der Waals surface area (Å²) in [6, 6.07) is 22.5. The monoisotopic (exact) mass is 384 g/mol. The molecule has 0 unspecified atom stereocenters. The summed E-state index contributed by atoms with van der Waals surface area (Å²) in [7, 11) is 0. The number of hydrogen-bond acceptors (Lipinski definition) is 2. The van der Waals surface area contributed by atoms with Crippen LogP contribution in [0.4, 0.5) is 0 Å². The Labute approximate surface area is 167 Å². The summed E-state index contributed by atoms with van der Waals surface area (Å²) in [6.45, 7) is 0. The van der Waals surface area contributed by atoms with E-state index in [2.05, 4.69) is 52.4 Å². The molecule has 5 aromatic rings. The van der Waals surface area contributed by atoms with Crippen LogP contribution in [0, 0.1) is 0 Å². The Morgan fingerprint density at radius 2 is 1.82 bits per heavy atom. The van der Waals surface area contributed by atoms with Gasteiger partial charge in [0.25, 0.3) is 0 Å². The molecule has 0 bridgehead atoms. The molecule has 0 spiro atoms. The molecular weight excluding hydrogens is 368 g/mol. The fraction of sp³-hybridized carbons (Fsp3) is 0.0435. The van der Waals surface area contributed by atoms with Gasteiger partial charge >= 0.3 is 0 Å². The number of para-hydroxylation sites is 1. The van der Waals surface area contributed by atoms with Crippen molar-refractivity contribution >= 4 is 22.6 Å². The lowest BCUT2D eigenvalue weighted by Gasteiger charge is -2.10. The SMILES string of the molecule is Clc1ccc(-c2nc3ccc(Cc4ccccc4-n4ccnc4)cc3[nH]2)cc1. The highest BCUT2D eigenvalue weighted by Gasteiger charge is 2.09. The lowest BCUT2D eigenvalue weighted by Crippen LogP contribution is -1.98. The third-order valence-electron chi connectivity index (χ3n) is 4.83. The molecule has 28 heavy (non-hydrogen) atoms. The van der Waals surface area contributed by atoms with E-state index in [1.807, 2.05) is 41.4 Å². The van der Waals surface area contributed by atoms with E-state index in [0.29, 0.717) is 0 Å². The van der Waals surface area contributed by atoms with E-state index in [0.717, 1.165) is 39.6 Å². The predicted octanol–water partition coefficient (Wildman–Crippen LogP) is 5.66. The molecule has 2 aromatic heterocycles. The van der Waals surface area contributed by atoms with E-state index in [4.69, 9.17) is 16.6 Å². The van der Waals surface area contributed by atoms with Gasteiger partial charge in [-0.1, -0.05) is 35.9 Å². The summed E-state index contributed by atoms with van der Waals surface area (Å²) in [5.74, 6) is 0.850. The van der Waals surface area contributed by atoms with Crippen LogP contribution in [0.25, 0.3) is 28.1 Å². The van der Waals surface area contributed by atoms with Gasteiger partial charge in [0.05, 0.1) is 17.4 Å². The number of nitrogens with one attached hydrogen (secondary N) is 1. The highest BCUT2D eigenvalue weighted by molar-refractivity contribution is 6.30. The van der Waals surface area contributed by atoms with Crippen molar-refractivity contribution in [3.05, 3.63) is 102 Å². The number of aromatic amines is 1. The van der Waals surface area contributed by atoms with Crippen molar-refractivity contribution in [1.82, 2.24) is 19.5 Å². The molecule has 3 aromatic carbocycles. The average molecular weight is 385 g/mol. The first-order valence-corrected chi connectivity index (χ1v) is 9.45. The molecule has 0 atom stereocenters. The van der Waals surface area contributed by atoms with Crippen molar-refractivity contribution < 1.29 is 0 Å². The van der Waals surface area contributed by atoms with Gasteiger partial charge in [-0.3, -0.25) is 0 Å². The average Bonchev–Trinajstić information content (AvgIpc) is 3.38. The Bertz CT molecular complexity index is 1240. The second kappa shape index (κ2) is 6.98. The van der Waals surface area contributed by atoms with Crippen molar-refractivity contribution in [2.75, 3.05) is 0 Å². The van der Waals surface area contributed by atoms with Crippen molar-refractivity contribution in [3.8, 4) is 17.1 Å². The van der Waals surface area contributed by atoms with E-state index < -0.39 is 0 Å². The molecule has 0 fully saturated rings. The van der Waals surface area contributed by atoms with Gasteiger partial charge in [-0.05, 0) is 60.0 Å². The van der Waals surface area contributed by atoms with Gasteiger partial charge in [0.15, 0.2) is 0 Å². The Morgan fingerprint density at radius 1 is 0.964 bits per heavy atom. The second-order valence-corrected chi connectivity index (χ2v) is 7.16. The van der Waals surface area contributed by atoms with Crippen LogP contribution in [-0.4, -0.2) is 19.5 Å². The molecule has 0 saturated heterocycles. The van der Waals surface area contributed by atoms with Crippen molar-refractivity contribution in [2.45, 2.75) is 6.42 Å². The fourth-order valence-electron chi connectivity index (χ4n) is 3.44. The number of rotatable bonds is 4. The Kier molecular flexibility index (Phi) is 4.18. The van der Waals surface area contributed by atoms with Crippen LogP contribution in [0.2, 0.25) is 5.02 Å². The number of hydrogen-bond donors (Lipinski definition) is 1. The first-order valence-electron chi connectivity index (χ1n) is 9.07. The molecule has 4 nitrogen and oxygen atoms in total. The summed E-state index contributed by atoms with van der Waals surface area (Å²) in [6.07, 6.45) is 6.43. The fourth-order valence-corrected chi connectivity index (χ4v) is 3.57. The number of aromatic nitrogens is 4. The molecular formula is C23H17ClN4. The smallest absolute Gasteiger partial charge is 0.138 e. The summed E-state index contributed by atoms with van der Waals surface area (Å²) < 4.78 is 2.04. The molecule has 1 N–H and O–H groups in total. The highest BCUT2D eigenvalue weighted by atomic mass is 35.5. The van der Waals surface area contributed by atoms with Crippen LogP contribution in [0.5, 0.6) is 0 Å². The van der Waals surface area contributed by atoms with Crippen LogP contribution in [0.15, 0.2) is 85.5 Å². The molecule has 0 aliphatic heterocycles. The van der Waals surface area contributed by atoms with Crippen molar-refractivity contribution in [2.24, 2.45) is 0 Å². The normalized spacial score (nSPS) is 11.2. The molecule has 0 radical (unpaired) electrons. The minimum atomic E-state index is 0.721. The molecule has 0 amide bonds. The number of nitrogens with zero attached hydrogens (tertiary/aromatic N) is 3. The van der Waals surface area contributed by atoms with E-state index in [9.17, 15) is 0 Å². The number of halogens is 1. The van der Waals surface area contributed by atoms with Crippen LogP contribution in [0.1, 0.15) is 11.1 Å². The first-order chi connectivity index (χ1) is 13.8. The van der Waals surface area contributed by atoms with E-state index >= 15 is 0 Å². The third kappa shape index (κ3) is 3.19. The van der Waals surface area contributed by atoms with E-state index in [1.54, 1.807) is 6.20 Å². The van der Waals surface area contributed by atoms with Crippen LogP contribution in [-0.2, 0) is 6.42 Å². The zero-order valence-corrected chi connectivity index (χ0v) is 15.8. The number of imidazole rings is 2. The third-order valence-corrected chi connectivity index (χ3v) is 5.08. The van der Waals surface area contributed by atoms with Gasteiger partial charge in [-0.15, -0.1) is 0 Å². The molecule has 2 heterocycles. The Balaban J connectivity index is 1.49. The molecule has 0 aliphatic carbocycles. The van der Waals surface area contributed by atoms with E-state index in [1.165, 1.54) is 11.1 Å². The highest BCUT2D eigenvalue weighted by Crippen LogP contribution is 2.24. The zero-order valence-electron chi connectivity index (χ0n) is 15.0. The van der Waals surface area contributed by atoms with Gasteiger partial charge in [0.1, 0.15) is 5.82 Å². The van der Waals surface area contributed by atoms with Crippen molar-refractivity contribution in [1.29, 1.82) is 0 Å². The lowest BCUT2D eigenvalue weighted by atomic mass is 10.0. The summed E-state index contributed by atoms with van der Waals surface area (Å²) >= 11 is 5.99. The lowest BCUT2D eigenvalue weighted by molar-refractivity contribution is 1.02. The molecule has 0 saturated carbocycles. The van der Waals surface area contributed by atoms with Gasteiger partial charge in [0.2, 0.25) is 0 Å². The zero-order chi connectivity index (χ0) is 18.9. The summed E-state index contributed by atoms with van der Waals surface area (Å²) in [4.78, 5) is 12.3. The maximum atomic E-state index is 5.99. The quantitative estimate of drug-likeness (QED) is 0.434. The standard InChI is InChI=1S/C23H17ClN4/c24-19-8-6-17(7-9-19)23-26-20-10-5-16(14-21(20)27-23)13-18-3-1-2-4-22(18)28-12-11-25-15-28/h1-12,14-15H,13H2,(H,26,27). The molecule has 136 valence electrons.